The predicted octanol–water partition coefficient (Wildman–Crippen LogP) is 6.36. The highest BCUT2D eigenvalue weighted by atomic mass is 79.9. The molecule has 4 aromatic rings. The first-order valence-electron chi connectivity index (χ1n) is 11.1. The van der Waals surface area contributed by atoms with Gasteiger partial charge < -0.3 is 9.47 Å². The normalized spacial score (nSPS) is 18.6. The molecule has 0 radical (unpaired) electrons. The van der Waals surface area contributed by atoms with E-state index in [1.807, 2.05) is 29.3 Å². The van der Waals surface area contributed by atoms with Crippen LogP contribution in [-0.2, 0) is 0 Å². The van der Waals surface area contributed by atoms with Crippen LogP contribution in [0.15, 0.2) is 94.5 Å². The lowest BCUT2D eigenvalue weighted by atomic mass is 9.95. The average Bonchev–Trinajstić information content (AvgIpc) is 3.33. The van der Waals surface area contributed by atoms with Crippen LogP contribution in [0.3, 0.4) is 0 Å². The van der Waals surface area contributed by atoms with Crippen molar-refractivity contribution in [3.05, 3.63) is 106 Å². The minimum Gasteiger partial charge on any atom is -0.497 e. The van der Waals surface area contributed by atoms with Gasteiger partial charge in [-0.25, -0.2) is 5.01 Å². The van der Waals surface area contributed by atoms with Gasteiger partial charge in [-0.2, -0.15) is 5.10 Å². The van der Waals surface area contributed by atoms with Crippen LogP contribution in [0.4, 0.5) is 0 Å². The Morgan fingerprint density at radius 3 is 2.59 bits per heavy atom. The summed E-state index contributed by atoms with van der Waals surface area (Å²) < 4.78 is 12.4. The number of hydrazone groups is 1. The summed E-state index contributed by atoms with van der Waals surface area (Å²) in [7, 11) is 1.61. The summed E-state index contributed by atoms with van der Waals surface area (Å²) in [4.78, 5) is 13.6. The number of benzene rings is 4. The first-order valence-corrected chi connectivity index (χ1v) is 11.9. The average molecular weight is 513 g/mol. The van der Waals surface area contributed by atoms with E-state index in [4.69, 9.17) is 14.6 Å². The number of ether oxygens (including phenoxy) is 2. The largest absolute Gasteiger partial charge is 0.497 e. The van der Waals surface area contributed by atoms with E-state index in [0.717, 1.165) is 26.7 Å². The molecule has 2 aliphatic heterocycles. The molecule has 0 saturated heterocycles. The molecule has 0 aliphatic carbocycles. The SMILES string of the molecule is COc1ccc(C(=O)[C@@H]2Oc3ccc(Br)cc3[C@@H]3CC(c4ccc5ccccc5c4)=NN23)cc1. The fraction of sp³-hybridized carbons (Fsp3) is 0.143. The van der Waals surface area contributed by atoms with Gasteiger partial charge in [0.25, 0.3) is 6.23 Å². The molecule has 0 fully saturated rings. The Morgan fingerprint density at radius 1 is 1.00 bits per heavy atom. The molecule has 34 heavy (non-hydrogen) atoms. The zero-order chi connectivity index (χ0) is 23.2. The molecular weight excluding hydrogens is 492 g/mol. The lowest BCUT2D eigenvalue weighted by Gasteiger charge is -2.37. The third-order valence-electron chi connectivity index (χ3n) is 6.43. The van der Waals surface area contributed by atoms with Crippen LogP contribution in [0, 0.1) is 0 Å². The highest BCUT2D eigenvalue weighted by Crippen LogP contribution is 2.44. The first kappa shape index (κ1) is 20.9. The standard InChI is InChI=1S/C28H21BrN2O3/c1-33-22-11-8-18(9-12-22)27(32)28-31-25(23-15-21(29)10-13-26(23)34-28)16-24(30-31)20-7-6-17-4-2-3-5-19(17)14-20/h2-15,25,28H,16H2,1H3/t25-,28-/m0/s1. The second-order valence-electron chi connectivity index (χ2n) is 8.45. The lowest BCUT2D eigenvalue weighted by Crippen LogP contribution is -2.45. The lowest BCUT2D eigenvalue weighted by molar-refractivity contribution is -0.00459. The van der Waals surface area contributed by atoms with Crippen molar-refractivity contribution in [3.63, 3.8) is 0 Å². The monoisotopic (exact) mass is 512 g/mol. The zero-order valence-corrected chi connectivity index (χ0v) is 20.0. The quantitative estimate of drug-likeness (QED) is 0.298. The number of methoxy groups -OCH3 is 1. The summed E-state index contributed by atoms with van der Waals surface area (Å²) in [5.74, 6) is 1.28. The maximum absolute atomic E-state index is 13.6. The van der Waals surface area contributed by atoms with E-state index in [-0.39, 0.29) is 11.8 Å². The van der Waals surface area contributed by atoms with Crippen molar-refractivity contribution in [3.8, 4) is 11.5 Å². The molecular formula is C28H21BrN2O3. The van der Waals surface area contributed by atoms with Crippen molar-refractivity contribution in [1.29, 1.82) is 0 Å². The number of Topliss-reactive ketones (excluding diaryl/α,β-unsaturated/α-hetero) is 1. The number of rotatable bonds is 4. The molecule has 4 aromatic carbocycles. The topological polar surface area (TPSA) is 51.1 Å². The molecule has 6 heteroatoms. The number of ketones is 1. The minimum atomic E-state index is -0.843. The van der Waals surface area contributed by atoms with E-state index in [9.17, 15) is 4.79 Å². The van der Waals surface area contributed by atoms with E-state index in [1.54, 1.807) is 31.4 Å². The van der Waals surface area contributed by atoms with Gasteiger partial charge in [0.15, 0.2) is 0 Å². The number of carbonyl (C=O) groups is 1. The fourth-order valence-electron chi connectivity index (χ4n) is 4.67. The molecule has 0 aromatic heterocycles. The second kappa shape index (κ2) is 8.29. The van der Waals surface area contributed by atoms with Crippen molar-refractivity contribution < 1.29 is 14.3 Å². The molecule has 2 aliphatic rings. The molecule has 0 amide bonds. The summed E-state index contributed by atoms with van der Waals surface area (Å²) >= 11 is 3.58. The van der Waals surface area contributed by atoms with Gasteiger partial charge in [0.2, 0.25) is 5.78 Å². The molecule has 0 N–H and O–H groups in total. The maximum Gasteiger partial charge on any atom is 0.251 e. The Hall–Kier alpha value is -3.64. The summed E-state index contributed by atoms with van der Waals surface area (Å²) in [5.41, 5.74) is 3.58. The molecule has 2 heterocycles. The van der Waals surface area contributed by atoms with E-state index < -0.39 is 6.23 Å². The molecule has 5 nitrogen and oxygen atoms in total. The number of carbonyl (C=O) groups excluding carboxylic acids is 1. The maximum atomic E-state index is 13.6. The number of halogens is 1. The Balaban J connectivity index is 1.41. The molecule has 6 rings (SSSR count). The van der Waals surface area contributed by atoms with Crippen LogP contribution in [0.25, 0.3) is 10.8 Å². The third kappa shape index (κ3) is 3.55. The number of fused-ring (bicyclic) bond motifs is 4. The van der Waals surface area contributed by atoms with Gasteiger partial charge in [0.05, 0.1) is 18.9 Å². The highest BCUT2D eigenvalue weighted by Gasteiger charge is 2.43. The Kier molecular flexibility index (Phi) is 5.11. The minimum absolute atomic E-state index is 0.0880. The van der Waals surface area contributed by atoms with Gasteiger partial charge in [-0.3, -0.25) is 4.79 Å². The highest BCUT2D eigenvalue weighted by molar-refractivity contribution is 9.10. The van der Waals surface area contributed by atoms with Gasteiger partial charge in [-0.1, -0.05) is 52.3 Å². The van der Waals surface area contributed by atoms with Crippen LogP contribution in [-0.4, -0.2) is 29.8 Å². The summed E-state index contributed by atoms with van der Waals surface area (Å²) in [6.07, 6.45) is -0.151. The van der Waals surface area contributed by atoms with Gasteiger partial charge in [0.1, 0.15) is 11.5 Å². The molecule has 168 valence electrons. The van der Waals surface area contributed by atoms with Crippen molar-refractivity contribution in [2.45, 2.75) is 18.7 Å². The van der Waals surface area contributed by atoms with Gasteiger partial charge in [-0.15, -0.1) is 0 Å². The van der Waals surface area contributed by atoms with E-state index >= 15 is 0 Å². The van der Waals surface area contributed by atoms with E-state index in [2.05, 4.69) is 52.3 Å². The summed E-state index contributed by atoms with van der Waals surface area (Å²) in [6.45, 7) is 0. The Morgan fingerprint density at radius 2 is 1.79 bits per heavy atom. The van der Waals surface area contributed by atoms with Crippen LogP contribution in [0.2, 0.25) is 0 Å². The van der Waals surface area contributed by atoms with Crippen LogP contribution in [0.1, 0.15) is 33.9 Å². The van der Waals surface area contributed by atoms with E-state index in [0.29, 0.717) is 23.5 Å². The molecule has 2 atom stereocenters. The number of hydrogen-bond acceptors (Lipinski definition) is 5. The number of nitrogens with zero attached hydrogens (tertiary/aromatic N) is 2. The molecule has 0 bridgehead atoms. The van der Waals surface area contributed by atoms with Gasteiger partial charge >= 0.3 is 0 Å². The van der Waals surface area contributed by atoms with Crippen molar-refractivity contribution in [2.24, 2.45) is 5.10 Å². The third-order valence-corrected chi connectivity index (χ3v) is 6.93. The van der Waals surface area contributed by atoms with Crippen LogP contribution < -0.4 is 9.47 Å². The number of hydrogen-bond donors (Lipinski definition) is 0. The summed E-state index contributed by atoms with van der Waals surface area (Å²) in [5, 5.41) is 9.12. The van der Waals surface area contributed by atoms with Crippen molar-refractivity contribution in [1.82, 2.24) is 5.01 Å². The Bertz CT molecular complexity index is 1450. The zero-order valence-electron chi connectivity index (χ0n) is 18.4. The van der Waals surface area contributed by atoms with Crippen LogP contribution >= 0.6 is 15.9 Å². The van der Waals surface area contributed by atoms with Crippen LogP contribution in [0.5, 0.6) is 11.5 Å². The second-order valence-corrected chi connectivity index (χ2v) is 9.37. The van der Waals surface area contributed by atoms with Gasteiger partial charge in [0, 0.05) is 22.0 Å². The molecule has 0 spiro atoms. The van der Waals surface area contributed by atoms with E-state index in [1.165, 1.54) is 5.39 Å². The molecule has 0 saturated carbocycles. The Labute approximate surface area is 205 Å². The molecule has 0 unspecified atom stereocenters. The predicted molar refractivity (Wildman–Crippen MR) is 136 cm³/mol. The summed E-state index contributed by atoms with van der Waals surface area (Å²) in [6, 6.07) is 27.6. The van der Waals surface area contributed by atoms with Gasteiger partial charge in [-0.05, 0) is 64.9 Å². The first-order chi connectivity index (χ1) is 16.6. The fourth-order valence-corrected chi connectivity index (χ4v) is 5.05. The van der Waals surface area contributed by atoms with Crippen molar-refractivity contribution in [2.75, 3.05) is 7.11 Å². The smallest absolute Gasteiger partial charge is 0.251 e. The van der Waals surface area contributed by atoms with Crippen molar-refractivity contribution >= 4 is 38.2 Å².